The Kier molecular flexibility index (Phi) is 4.05. The van der Waals surface area contributed by atoms with Gasteiger partial charge in [0.05, 0.1) is 21.9 Å². The average Bonchev–Trinajstić information content (AvgIpc) is 2.54. The predicted octanol–water partition coefficient (Wildman–Crippen LogP) is 2.19. The highest BCUT2D eigenvalue weighted by Crippen LogP contribution is 2.29. The number of phenols is 1. The highest BCUT2D eigenvalue weighted by Gasteiger charge is 2.21. The molecule has 128 valence electrons. The second-order valence-electron chi connectivity index (χ2n) is 5.48. The predicted molar refractivity (Wildman–Crippen MR) is 92.1 cm³/mol. The van der Waals surface area contributed by atoms with Crippen LogP contribution in [0.4, 0.5) is 5.69 Å². The fourth-order valence-electron chi connectivity index (χ4n) is 2.55. The number of nitrogen functional groups attached to an aromatic ring is 1. The normalized spacial score (nSPS) is 11.5. The van der Waals surface area contributed by atoms with Crippen molar-refractivity contribution in [3.63, 3.8) is 0 Å². The van der Waals surface area contributed by atoms with Crippen LogP contribution in [0.5, 0.6) is 5.75 Å². The molecule has 1 heterocycles. The summed E-state index contributed by atoms with van der Waals surface area (Å²) in [7, 11) is -3.76. The van der Waals surface area contributed by atoms with Crippen molar-refractivity contribution in [1.82, 2.24) is 4.98 Å². The zero-order chi connectivity index (χ0) is 18.2. The molecule has 4 N–H and O–H groups in total. The Balaban J connectivity index is 2.14. The van der Waals surface area contributed by atoms with Gasteiger partial charge in [-0.25, -0.2) is 18.2 Å². The average molecular weight is 358 g/mol. The Hall–Kier alpha value is -3.13. The quantitative estimate of drug-likeness (QED) is 0.609. The Morgan fingerprint density at radius 1 is 1.12 bits per heavy atom. The first kappa shape index (κ1) is 16.7. The molecule has 0 bridgehead atoms. The summed E-state index contributed by atoms with van der Waals surface area (Å²) in [6.07, 6.45) is 0. The van der Waals surface area contributed by atoms with Gasteiger partial charge in [0.2, 0.25) is 0 Å². The maximum Gasteiger partial charge on any atom is 0.354 e. The van der Waals surface area contributed by atoms with Gasteiger partial charge >= 0.3 is 5.97 Å². The van der Waals surface area contributed by atoms with Gasteiger partial charge in [0.25, 0.3) is 0 Å². The number of carboxylic acids is 1. The molecule has 0 amide bonds. The molecule has 3 rings (SSSR count). The van der Waals surface area contributed by atoms with Gasteiger partial charge in [0.15, 0.2) is 9.84 Å². The van der Waals surface area contributed by atoms with Crippen LogP contribution in [0.25, 0.3) is 10.9 Å². The van der Waals surface area contributed by atoms with Gasteiger partial charge in [-0.2, -0.15) is 0 Å². The van der Waals surface area contributed by atoms with Crippen LogP contribution >= 0.6 is 0 Å². The van der Waals surface area contributed by atoms with E-state index in [0.29, 0.717) is 5.56 Å². The van der Waals surface area contributed by atoms with Crippen LogP contribution in [0, 0.1) is 0 Å². The largest absolute Gasteiger partial charge is 0.508 e. The number of carbonyl (C=O) groups is 1. The standard InChI is InChI=1S/C17H14N2O5S/c18-13-5-7-15(12-4-6-14(17(21)22)19-16(12)13)25(23,24)9-10-2-1-3-11(20)8-10/h1-8,20H,9,18H2,(H,21,22). The summed E-state index contributed by atoms with van der Waals surface area (Å²) in [5.41, 5.74) is 6.35. The number of hydrogen-bond donors (Lipinski definition) is 3. The van der Waals surface area contributed by atoms with E-state index in [-0.39, 0.29) is 38.7 Å². The fourth-order valence-corrected chi connectivity index (χ4v) is 4.09. The number of rotatable bonds is 4. The van der Waals surface area contributed by atoms with Crippen molar-refractivity contribution in [3.8, 4) is 5.75 Å². The van der Waals surface area contributed by atoms with E-state index in [2.05, 4.69) is 4.98 Å². The first-order valence-electron chi connectivity index (χ1n) is 7.21. The summed E-state index contributed by atoms with van der Waals surface area (Å²) in [6, 6.07) is 11.4. The van der Waals surface area contributed by atoms with E-state index in [1.807, 2.05) is 0 Å². The lowest BCUT2D eigenvalue weighted by atomic mass is 10.1. The smallest absolute Gasteiger partial charge is 0.354 e. The summed E-state index contributed by atoms with van der Waals surface area (Å²) < 4.78 is 25.6. The lowest BCUT2D eigenvalue weighted by Gasteiger charge is -2.10. The molecule has 25 heavy (non-hydrogen) atoms. The monoisotopic (exact) mass is 358 g/mol. The van der Waals surface area contributed by atoms with Gasteiger partial charge in [-0.3, -0.25) is 0 Å². The second kappa shape index (κ2) is 6.06. The van der Waals surface area contributed by atoms with Crippen molar-refractivity contribution >= 4 is 32.4 Å². The molecular formula is C17H14N2O5S. The molecule has 0 aliphatic rings. The number of aromatic hydroxyl groups is 1. The highest BCUT2D eigenvalue weighted by atomic mass is 32.2. The molecular weight excluding hydrogens is 344 g/mol. The lowest BCUT2D eigenvalue weighted by molar-refractivity contribution is 0.0691. The Morgan fingerprint density at radius 2 is 1.88 bits per heavy atom. The number of pyridine rings is 1. The minimum Gasteiger partial charge on any atom is -0.508 e. The molecule has 0 spiro atoms. The number of aromatic carboxylic acids is 1. The minimum absolute atomic E-state index is 0.00415. The third-order valence-corrected chi connectivity index (χ3v) is 5.41. The molecule has 1 aromatic heterocycles. The summed E-state index contributed by atoms with van der Waals surface area (Å²) in [6.45, 7) is 0. The Labute approximate surface area is 143 Å². The highest BCUT2D eigenvalue weighted by molar-refractivity contribution is 7.90. The van der Waals surface area contributed by atoms with Gasteiger partial charge < -0.3 is 15.9 Å². The zero-order valence-corrected chi connectivity index (χ0v) is 13.7. The maximum absolute atomic E-state index is 12.8. The molecule has 0 aliphatic carbocycles. The van der Waals surface area contributed by atoms with E-state index in [0.717, 1.165) is 0 Å². The maximum atomic E-state index is 12.8. The first-order valence-corrected chi connectivity index (χ1v) is 8.86. The number of hydrogen-bond acceptors (Lipinski definition) is 6. The van der Waals surface area contributed by atoms with Crippen LogP contribution in [0.2, 0.25) is 0 Å². The van der Waals surface area contributed by atoms with E-state index in [4.69, 9.17) is 10.8 Å². The van der Waals surface area contributed by atoms with Gasteiger partial charge in [0.1, 0.15) is 11.4 Å². The topological polar surface area (TPSA) is 131 Å². The van der Waals surface area contributed by atoms with E-state index >= 15 is 0 Å². The van der Waals surface area contributed by atoms with Crippen LogP contribution in [0.3, 0.4) is 0 Å². The SMILES string of the molecule is Nc1ccc(S(=O)(=O)Cc2cccc(O)c2)c2ccc(C(=O)O)nc12. The van der Waals surface area contributed by atoms with Crippen LogP contribution < -0.4 is 5.73 Å². The summed E-state index contributed by atoms with van der Waals surface area (Å²) in [5, 5.41) is 18.8. The molecule has 2 aromatic carbocycles. The minimum atomic E-state index is -3.76. The number of benzene rings is 2. The summed E-state index contributed by atoms with van der Waals surface area (Å²) in [4.78, 5) is 15.0. The van der Waals surface area contributed by atoms with Crippen LogP contribution in [0.1, 0.15) is 16.1 Å². The van der Waals surface area contributed by atoms with E-state index in [1.54, 1.807) is 12.1 Å². The third kappa shape index (κ3) is 3.24. The van der Waals surface area contributed by atoms with E-state index < -0.39 is 15.8 Å². The number of sulfone groups is 1. The molecule has 7 nitrogen and oxygen atoms in total. The van der Waals surface area contributed by atoms with Crippen LogP contribution in [-0.2, 0) is 15.6 Å². The molecule has 0 aliphatic heterocycles. The van der Waals surface area contributed by atoms with Gasteiger partial charge in [-0.05, 0) is 42.0 Å². The molecule has 3 aromatic rings. The third-order valence-electron chi connectivity index (χ3n) is 3.67. The van der Waals surface area contributed by atoms with Gasteiger partial charge in [-0.15, -0.1) is 0 Å². The van der Waals surface area contributed by atoms with Gasteiger partial charge in [0, 0.05) is 5.39 Å². The second-order valence-corrected chi connectivity index (χ2v) is 7.44. The molecule has 0 saturated heterocycles. The molecule has 0 radical (unpaired) electrons. The lowest BCUT2D eigenvalue weighted by Crippen LogP contribution is -2.08. The fraction of sp³-hybridized carbons (Fsp3) is 0.0588. The molecule has 0 unspecified atom stereocenters. The van der Waals surface area contributed by atoms with Crippen molar-refractivity contribution < 1.29 is 23.4 Å². The van der Waals surface area contributed by atoms with Crippen molar-refractivity contribution in [1.29, 1.82) is 0 Å². The number of fused-ring (bicyclic) bond motifs is 1. The van der Waals surface area contributed by atoms with E-state index in [1.165, 1.54) is 36.4 Å². The molecule has 0 fully saturated rings. The van der Waals surface area contributed by atoms with Crippen LogP contribution in [-0.4, -0.2) is 29.6 Å². The number of nitrogens with two attached hydrogens (primary N) is 1. The van der Waals surface area contributed by atoms with Crippen molar-refractivity contribution in [3.05, 3.63) is 59.8 Å². The Bertz CT molecular complexity index is 1090. The summed E-state index contributed by atoms with van der Waals surface area (Å²) in [5.74, 6) is -1.57. The van der Waals surface area contributed by atoms with Crippen LogP contribution in [0.15, 0.2) is 53.4 Å². The number of phenolic OH excluding ortho intramolecular Hbond substituents is 1. The summed E-state index contributed by atoms with van der Waals surface area (Å²) >= 11 is 0. The van der Waals surface area contributed by atoms with E-state index in [9.17, 15) is 18.3 Å². The number of anilines is 1. The van der Waals surface area contributed by atoms with Crippen molar-refractivity contribution in [2.75, 3.05) is 5.73 Å². The zero-order valence-electron chi connectivity index (χ0n) is 12.9. The first-order chi connectivity index (χ1) is 11.8. The number of aromatic nitrogens is 1. The van der Waals surface area contributed by atoms with Crippen molar-refractivity contribution in [2.45, 2.75) is 10.6 Å². The van der Waals surface area contributed by atoms with Gasteiger partial charge in [-0.1, -0.05) is 12.1 Å². The van der Waals surface area contributed by atoms with Crippen molar-refractivity contribution in [2.24, 2.45) is 0 Å². The number of nitrogens with zero attached hydrogens (tertiary/aromatic N) is 1. The Morgan fingerprint density at radius 3 is 2.56 bits per heavy atom. The molecule has 8 heteroatoms. The molecule has 0 saturated carbocycles. The molecule has 0 atom stereocenters. The number of carboxylic acid groups (broad SMARTS) is 1.